The van der Waals surface area contributed by atoms with Gasteiger partial charge in [0.25, 0.3) is 5.91 Å². The first-order valence-electron chi connectivity index (χ1n) is 8.23. The highest BCUT2D eigenvalue weighted by atomic mass is 32.2. The SMILES string of the molecule is Cc1ccc(C(O)CN2CC=C(C3=NNC(=O)C(C)S3)CC2)cc1. The van der Waals surface area contributed by atoms with Gasteiger partial charge in [-0.05, 0) is 31.4 Å². The third-order valence-electron chi connectivity index (χ3n) is 4.39. The molecule has 1 amide bonds. The van der Waals surface area contributed by atoms with Crippen LogP contribution in [0.1, 0.15) is 30.6 Å². The molecule has 2 aliphatic rings. The molecule has 2 heterocycles. The minimum absolute atomic E-state index is 0.0389. The Balaban J connectivity index is 1.57. The van der Waals surface area contributed by atoms with Gasteiger partial charge in [-0.15, -0.1) is 0 Å². The number of hydrogen-bond donors (Lipinski definition) is 2. The van der Waals surface area contributed by atoms with E-state index in [0.29, 0.717) is 6.54 Å². The molecule has 2 unspecified atom stereocenters. The number of nitrogens with one attached hydrogen (secondary N) is 1. The van der Waals surface area contributed by atoms with Gasteiger partial charge in [0.1, 0.15) is 5.04 Å². The van der Waals surface area contributed by atoms with E-state index >= 15 is 0 Å². The summed E-state index contributed by atoms with van der Waals surface area (Å²) >= 11 is 1.52. The van der Waals surface area contributed by atoms with Crippen molar-refractivity contribution in [3.63, 3.8) is 0 Å². The zero-order valence-corrected chi connectivity index (χ0v) is 14.8. The third kappa shape index (κ3) is 4.06. The predicted molar refractivity (Wildman–Crippen MR) is 97.9 cm³/mol. The number of carbonyl (C=O) groups is 1. The Kier molecular flexibility index (Phi) is 5.38. The highest BCUT2D eigenvalue weighted by Gasteiger charge is 2.25. The molecule has 0 saturated heterocycles. The van der Waals surface area contributed by atoms with Gasteiger partial charge in [0, 0.05) is 19.6 Å². The minimum Gasteiger partial charge on any atom is -0.387 e. The maximum Gasteiger partial charge on any atom is 0.253 e. The number of carbonyl (C=O) groups excluding carboxylic acids is 1. The summed E-state index contributed by atoms with van der Waals surface area (Å²) < 4.78 is 0. The molecule has 0 aromatic heterocycles. The largest absolute Gasteiger partial charge is 0.387 e. The summed E-state index contributed by atoms with van der Waals surface area (Å²) in [4.78, 5) is 13.7. The molecule has 24 heavy (non-hydrogen) atoms. The number of aliphatic hydroxyl groups excluding tert-OH is 1. The molecule has 1 aromatic rings. The minimum atomic E-state index is -0.471. The fraction of sp³-hybridized carbons (Fsp3) is 0.444. The van der Waals surface area contributed by atoms with E-state index in [4.69, 9.17) is 0 Å². The number of β-amino-alcohol motifs (C(OH)–C–C–N with tert-alkyl or cyclic N) is 1. The molecule has 0 fully saturated rings. The lowest BCUT2D eigenvalue weighted by Crippen LogP contribution is -2.36. The van der Waals surface area contributed by atoms with Gasteiger partial charge in [-0.25, -0.2) is 5.43 Å². The second-order valence-electron chi connectivity index (χ2n) is 6.32. The molecule has 0 saturated carbocycles. The summed E-state index contributed by atoms with van der Waals surface area (Å²) in [6, 6.07) is 8.03. The average molecular weight is 345 g/mol. The van der Waals surface area contributed by atoms with Gasteiger partial charge in [-0.3, -0.25) is 9.69 Å². The van der Waals surface area contributed by atoms with Crippen LogP contribution < -0.4 is 5.43 Å². The molecule has 128 valence electrons. The standard InChI is InChI=1S/C18H23N3O2S/c1-12-3-5-14(6-4-12)16(22)11-21-9-7-15(8-10-21)18-20-19-17(23)13(2)24-18/h3-7,13,16,22H,8-11H2,1-2H3,(H,19,23). The summed E-state index contributed by atoms with van der Waals surface area (Å²) in [6.07, 6.45) is 2.57. The Morgan fingerprint density at radius 1 is 1.42 bits per heavy atom. The van der Waals surface area contributed by atoms with Crippen molar-refractivity contribution < 1.29 is 9.90 Å². The van der Waals surface area contributed by atoms with Crippen molar-refractivity contribution in [2.24, 2.45) is 5.10 Å². The lowest BCUT2D eigenvalue weighted by atomic mass is 10.0. The highest BCUT2D eigenvalue weighted by molar-refractivity contribution is 8.15. The Hall–Kier alpha value is -1.63. The Morgan fingerprint density at radius 3 is 2.79 bits per heavy atom. The normalized spacial score (nSPS) is 23.3. The van der Waals surface area contributed by atoms with Crippen molar-refractivity contribution >= 4 is 22.7 Å². The van der Waals surface area contributed by atoms with Crippen molar-refractivity contribution in [2.75, 3.05) is 19.6 Å². The van der Waals surface area contributed by atoms with Gasteiger partial charge in [0.2, 0.25) is 0 Å². The van der Waals surface area contributed by atoms with E-state index < -0.39 is 6.10 Å². The van der Waals surface area contributed by atoms with Crippen LogP contribution in [-0.2, 0) is 4.79 Å². The first-order chi connectivity index (χ1) is 11.5. The fourth-order valence-corrected chi connectivity index (χ4v) is 3.73. The van der Waals surface area contributed by atoms with Gasteiger partial charge in [-0.2, -0.15) is 5.10 Å². The summed E-state index contributed by atoms with van der Waals surface area (Å²) in [6.45, 7) is 6.24. The van der Waals surface area contributed by atoms with Crippen LogP contribution in [0.2, 0.25) is 0 Å². The van der Waals surface area contributed by atoms with E-state index in [2.05, 4.69) is 21.5 Å². The topological polar surface area (TPSA) is 64.9 Å². The Labute approximate surface area is 146 Å². The molecule has 0 aliphatic carbocycles. The highest BCUT2D eigenvalue weighted by Crippen LogP contribution is 2.26. The summed E-state index contributed by atoms with van der Waals surface area (Å²) in [5.41, 5.74) is 5.93. The molecule has 1 aromatic carbocycles. The van der Waals surface area contributed by atoms with Gasteiger partial charge in [0.05, 0.1) is 11.4 Å². The van der Waals surface area contributed by atoms with Crippen LogP contribution in [-0.4, -0.2) is 45.8 Å². The second kappa shape index (κ2) is 7.51. The zero-order valence-electron chi connectivity index (χ0n) is 14.0. The number of rotatable bonds is 4. The van der Waals surface area contributed by atoms with E-state index in [9.17, 15) is 9.90 Å². The number of hydrazone groups is 1. The van der Waals surface area contributed by atoms with Crippen LogP contribution in [0.15, 0.2) is 41.0 Å². The van der Waals surface area contributed by atoms with Gasteiger partial charge >= 0.3 is 0 Å². The number of aryl methyl sites for hydroxylation is 1. The van der Waals surface area contributed by atoms with Crippen molar-refractivity contribution in [3.05, 3.63) is 47.0 Å². The van der Waals surface area contributed by atoms with Gasteiger partial charge in [-0.1, -0.05) is 47.7 Å². The van der Waals surface area contributed by atoms with E-state index in [1.807, 2.05) is 38.1 Å². The van der Waals surface area contributed by atoms with E-state index in [1.54, 1.807) is 0 Å². The second-order valence-corrected chi connectivity index (χ2v) is 7.65. The lowest BCUT2D eigenvalue weighted by molar-refractivity contribution is -0.120. The third-order valence-corrected chi connectivity index (χ3v) is 5.53. The quantitative estimate of drug-likeness (QED) is 0.878. The summed E-state index contributed by atoms with van der Waals surface area (Å²) in [5, 5.41) is 15.4. The predicted octanol–water partition coefficient (Wildman–Crippen LogP) is 2.23. The number of nitrogens with zero attached hydrogens (tertiary/aromatic N) is 2. The molecule has 6 heteroatoms. The van der Waals surface area contributed by atoms with E-state index in [0.717, 1.165) is 30.1 Å². The molecular formula is C18H23N3O2S. The summed E-state index contributed by atoms with van der Waals surface area (Å²) in [7, 11) is 0. The fourth-order valence-electron chi connectivity index (χ4n) is 2.80. The van der Waals surface area contributed by atoms with Crippen LogP contribution in [0, 0.1) is 6.92 Å². The van der Waals surface area contributed by atoms with Crippen LogP contribution in [0.25, 0.3) is 0 Å². The molecule has 5 nitrogen and oxygen atoms in total. The first kappa shape index (κ1) is 17.2. The first-order valence-corrected chi connectivity index (χ1v) is 9.11. The Morgan fingerprint density at radius 2 is 2.17 bits per heavy atom. The van der Waals surface area contributed by atoms with E-state index in [1.165, 1.54) is 22.9 Å². The maximum absolute atomic E-state index is 11.5. The summed E-state index contributed by atoms with van der Waals surface area (Å²) in [5.74, 6) is -0.0389. The van der Waals surface area contributed by atoms with Crippen molar-refractivity contribution in [2.45, 2.75) is 31.6 Å². The number of aliphatic hydroxyl groups is 1. The van der Waals surface area contributed by atoms with Crippen LogP contribution in [0.3, 0.4) is 0 Å². The maximum atomic E-state index is 11.5. The molecule has 0 radical (unpaired) electrons. The molecule has 2 aliphatic heterocycles. The Bertz CT molecular complexity index is 669. The van der Waals surface area contributed by atoms with Crippen molar-refractivity contribution in [3.8, 4) is 0 Å². The van der Waals surface area contributed by atoms with Crippen LogP contribution in [0.4, 0.5) is 0 Å². The molecule has 0 spiro atoms. The number of benzene rings is 1. The number of hydrogen-bond acceptors (Lipinski definition) is 5. The number of thioether (sulfide) groups is 1. The van der Waals surface area contributed by atoms with Crippen LogP contribution >= 0.6 is 11.8 Å². The molecule has 0 bridgehead atoms. The average Bonchev–Trinajstić information content (AvgIpc) is 2.58. The van der Waals surface area contributed by atoms with Crippen molar-refractivity contribution in [1.82, 2.24) is 10.3 Å². The smallest absolute Gasteiger partial charge is 0.253 e. The molecular weight excluding hydrogens is 322 g/mol. The molecule has 2 N–H and O–H groups in total. The van der Waals surface area contributed by atoms with Crippen molar-refractivity contribution in [1.29, 1.82) is 0 Å². The monoisotopic (exact) mass is 345 g/mol. The van der Waals surface area contributed by atoms with Crippen LogP contribution in [0.5, 0.6) is 0 Å². The molecule has 2 atom stereocenters. The zero-order chi connectivity index (χ0) is 17.1. The molecule has 3 rings (SSSR count). The van der Waals surface area contributed by atoms with E-state index in [-0.39, 0.29) is 11.2 Å². The lowest BCUT2D eigenvalue weighted by Gasteiger charge is -2.29. The van der Waals surface area contributed by atoms with Gasteiger partial charge in [0.15, 0.2) is 0 Å². The van der Waals surface area contributed by atoms with Gasteiger partial charge < -0.3 is 5.11 Å². The number of amides is 1.